The summed E-state index contributed by atoms with van der Waals surface area (Å²) in [5.74, 6) is -0.433. The zero-order valence-electron chi connectivity index (χ0n) is 9.45. The second-order valence-electron chi connectivity index (χ2n) is 3.69. The van der Waals surface area contributed by atoms with Gasteiger partial charge >= 0.3 is 0 Å². The number of nitrogens with two attached hydrogens (primary N) is 1. The number of nitrogens with zero attached hydrogens (tertiary/aromatic N) is 2. The van der Waals surface area contributed by atoms with Crippen molar-refractivity contribution in [1.82, 2.24) is 9.78 Å². The molecule has 7 heteroatoms. The summed E-state index contributed by atoms with van der Waals surface area (Å²) >= 11 is 11.8. The van der Waals surface area contributed by atoms with Crippen molar-refractivity contribution in [1.29, 1.82) is 0 Å². The fourth-order valence-electron chi connectivity index (χ4n) is 1.46. The highest BCUT2D eigenvalue weighted by Crippen LogP contribution is 2.26. The summed E-state index contributed by atoms with van der Waals surface area (Å²) in [6.45, 7) is 0. The molecule has 1 aromatic heterocycles. The molecule has 0 aliphatic heterocycles. The number of hydrogen-bond acceptors (Lipinski definition) is 3. The number of anilines is 2. The van der Waals surface area contributed by atoms with Gasteiger partial charge in [0.25, 0.3) is 5.91 Å². The van der Waals surface area contributed by atoms with E-state index in [2.05, 4.69) is 10.4 Å². The summed E-state index contributed by atoms with van der Waals surface area (Å²) in [6, 6.07) is 4.79. The zero-order chi connectivity index (χ0) is 13.3. The molecular weight excluding hydrogens is 275 g/mol. The van der Waals surface area contributed by atoms with E-state index in [4.69, 9.17) is 28.9 Å². The number of aryl methyl sites for hydroxylation is 1. The van der Waals surface area contributed by atoms with Crippen LogP contribution < -0.4 is 11.1 Å². The Labute approximate surface area is 113 Å². The highest BCUT2D eigenvalue weighted by molar-refractivity contribution is 6.35. The minimum absolute atomic E-state index is 0.147. The standard InChI is InChI=1S/C11H10Cl2N4O/c1-17-5-8(14)10(16-17)11(18)15-9-4-6(12)2-3-7(9)13/h2-5H,14H2,1H3,(H,15,18). The highest BCUT2D eigenvalue weighted by Gasteiger charge is 2.15. The number of carbonyl (C=O) groups excluding carboxylic acids is 1. The number of halogens is 2. The lowest BCUT2D eigenvalue weighted by atomic mass is 10.3. The van der Waals surface area contributed by atoms with E-state index >= 15 is 0 Å². The van der Waals surface area contributed by atoms with E-state index in [1.54, 1.807) is 31.4 Å². The number of aromatic nitrogens is 2. The summed E-state index contributed by atoms with van der Waals surface area (Å²) in [6.07, 6.45) is 1.55. The normalized spacial score (nSPS) is 10.4. The van der Waals surface area contributed by atoms with Gasteiger partial charge in [0.15, 0.2) is 5.69 Å². The molecule has 1 aromatic carbocycles. The molecule has 0 bridgehead atoms. The van der Waals surface area contributed by atoms with E-state index in [0.29, 0.717) is 21.4 Å². The molecular formula is C11H10Cl2N4O. The Kier molecular flexibility index (Phi) is 3.45. The van der Waals surface area contributed by atoms with Gasteiger partial charge in [-0.15, -0.1) is 0 Å². The van der Waals surface area contributed by atoms with Crippen LogP contribution in [0.15, 0.2) is 24.4 Å². The molecule has 0 aliphatic rings. The van der Waals surface area contributed by atoms with Gasteiger partial charge in [-0.3, -0.25) is 9.48 Å². The minimum atomic E-state index is -0.433. The Morgan fingerprint density at radius 1 is 1.44 bits per heavy atom. The van der Waals surface area contributed by atoms with E-state index in [0.717, 1.165) is 0 Å². The van der Waals surface area contributed by atoms with Gasteiger partial charge in [0.2, 0.25) is 0 Å². The lowest BCUT2D eigenvalue weighted by molar-refractivity contribution is 0.102. The third-order valence-corrected chi connectivity index (χ3v) is 2.81. The number of amides is 1. The van der Waals surface area contributed by atoms with Crippen LogP contribution in [0.25, 0.3) is 0 Å². The minimum Gasteiger partial charge on any atom is -0.396 e. The van der Waals surface area contributed by atoms with Crippen molar-refractivity contribution < 1.29 is 4.79 Å². The highest BCUT2D eigenvalue weighted by atomic mass is 35.5. The molecule has 3 N–H and O–H groups in total. The molecule has 0 saturated heterocycles. The van der Waals surface area contributed by atoms with Gasteiger partial charge in [-0.1, -0.05) is 23.2 Å². The van der Waals surface area contributed by atoms with E-state index in [9.17, 15) is 4.79 Å². The van der Waals surface area contributed by atoms with Crippen molar-refractivity contribution in [2.75, 3.05) is 11.1 Å². The number of nitrogen functional groups attached to an aromatic ring is 1. The maximum atomic E-state index is 11.9. The van der Waals surface area contributed by atoms with Crippen molar-refractivity contribution in [2.24, 2.45) is 7.05 Å². The topological polar surface area (TPSA) is 72.9 Å². The van der Waals surface area contributed by atoms with E-state index in [-0.39, 0.29) is 5.69 Å². The average molecular weight is 285 g/mol. The van der Waals surface area contributed by atoms with Crippen molar-refractivity contribution >= 4 is 40.5 Å². The van der Waals surface area contributed by atoms with Crippen LogP contribution in [0.4, 0.5) is 11.4 Å². The quantitative estimate of drug-likeness (QED) is 0.890. The maximum absolute atomic E-state index is 11.9. The molecule has 0 atom stereocenters. The summed E-state index contributed by atoms with van der Waals surface area (Å²) in [7, 11) is 1.68. The maximum Gasteiger partial charge on any atom is 0.278 e. The fourth-order valence-corrected chi connectivity index (χ4v) is 1.79. The molecule has 0 saturated carbocycles. The van der Waals surface area contributed by atoms with Crippen molar-refractivity contribution in [3.8, 4) is 0 Å². The number of rotatable bonds is 2. The summed E-state index contributed by atoms with van der Waals surface area (Å²) < 4.78 is 1.46. The molecule has 0 radical (unpaired) electrons. The third-order valence-electron chi connectivity index (χ3n) is 2.25. The predicted octanol–water partition coefficient (Wildman–Crippen LogP) is 2.56. The fraction of sp³-hybridized carbons (Fsp3) is 0.0909. The lowest BCUT2D eigenvalue weighted by Gasteiger charge is -2.06. The number of nitrogens with one attached hydrogen (secondary N) is 1. The van der Waals surface area contributed by atoms with Gasteiger partial charge < -0.3 is 11.1 Å². The Balaban J connectivity index is 2.26. The molecule has 94 valence electrons. The van der Waals surface area contributed by atoms with E-state index in [1.807, 2.05) is 0 Å². The summed E-state index contributed by atoms with van der Waals surface area (Å²) in [5, 5.41) is 7.44. The zero-order valence-corrected chi connectivity index (χ0v) is 11.0. The van der Waals surface area contributed by atoms with Crippen molar-refractivity contribution in [2.45, 2.75) is 0 Å². The summed E-state index contributed by atoms with van der Waals surface area (Å²) in [5.41, 5.74) is 6.52. The number of hydrogen-bond donors (Lipinski definition) is 2. The van der Waals surface area contributed by atoms with Crippen molar-refractivity contribution in [3.63, 3.8) is 0 Å². The molecule has 1 amide bonds. The Bertz CT molecular complexity index is 609. The van der Waals surface area contributed by atoms with Crippen LogP contribution in [0, 0.1) is 0 Å². The van der Waals surface area contributed by atoms with E-state index < -0.39 is 5.91 Å². The van der Waals surface area contributed by atoms with E-state index in [1.165, 1.54) is 4.68 Å². The van der Waals surface area contributed by atoms with Gasteiger partial charge in [0.05, 0.1) is 16.4 Å². The molecule has 0 aliphatic carbocycles. The molecule has 1 heterocycles. The first-order chi connectivity index (χ1) is 8.47. The van der Waals surface area contributed by atoms with Crippen LogP contribution in [-0.2, 0) is 7.05 Å². The molecule has 0 fully saturated rings. The lowest BCUT2D eigenvalue weighted by Crippen LogP contribution is -2.14. The summed E-state index contributed by atoms with van der Waals surface area (Å²) in [4.78, 5) is 11.9. The van der Waals surface area contributed by atoms with Crippen LogP contribution in [0.5, 0.6) is 0 Å². The molecule has 0 unspecified atom stereocenters. The second-order valence-corrected chi connectivity index (χ2v) is 4.53. The number of carbonyl (C=O) groups is 1. The van der Waals surface area contributed by atoms with Gasteiger partial charge in [-0.25, -0.2) is 0 Å². The van der Waals surface area contributed by atoms with Crippen LogP contribution in [0.1, 0.15) is 10.5 Å². The molecule has 5 nitrogen and oxygen atoms in total. The second kappa shape index (κ2) is 4.88. The van der Waals surface area contributed by atoms with Crippen LogP contribution in [0.2, 0.25) is 10.0 Å². The predicted molar refractivity (Wildman–Crippen MR) is 72.0 cm³/mol. The number of benzene rings is 1. The Hall–Kier alpha value is -1.72. The van der Waals surface area contributed by atoms with Crippen molar-refractivity contribution in [3.05, 3.63) is 40.1 Å². The smallest absolute Gasteiger partial charge is 0.278 e. The van der Waals surface area contributed by atoms with Gasteiger partial charge in [0, 0.05) is 18.3 Å². The molecule has 18 heavy (non-hydrogen) atoms. The monoisotopic (exact) mass is 284 g/mol. The first-order valence-corrected chi connectivity index (χ1v) is 5.78. The van der Waals surface area contributed by atoms with Crippen LogP contribution >= 0.6 is 23.2 Å². The van der Waals surface area contributed by atoms with Crippen LogP contribution in [0.3, 0.4) is 0 Å². The van der Waals surface area contributed by atoms with Gasteiger partial charge in [0.1, 0.15) is 0 Å². The molecule has 2 rings (SSSR count). The third kappa shape index (κ3) is 2.57. The first kappa shape index (κ1) is 12.7. The Morgan fingerprint density at radius 3 is 2.78 bits per heavy atom. The first-order valence-electron chi connectivity index (χ1n) is 5.03. The van der Waals surface area contributed by atoms with Gasteiger partial charge in [-0.05, 0) is 18.2 Å². The average Bonchev–Trinajstić information content (AvgIpc) is 2.63. The molecule has 0 spiro atoms. The SMILES string of the molecule is Cn1cc(N)c(C(=O)Nc2cc(Cl)ccc2Cl)n1. The van der Waals surface area contributed by atoms with Gasteiger partial charge in [-0.2, -0.15) is 5.10 Å². The largest absolute Gasteiger partial charge is 0.396 e. The molecule has 2 aromatic rings. The Morgan fingerprint density at radius 2 is 2.17 bits per heavy atom. The van der Waals surface area contributed by atoms with Crippen LogP contribution in [-0.4, -0.2) is 15.7 Å².